The lowest BCUT2D eigenvalue weighted by Gasteiger charge is -2.21. The molecule has 1 aromatic heterocycles. The molecule has 1 saturated heterocycles. The smallest absolute Gasteiger partial charge is 0.386 e. The molecule has 0 aliphatic carbocycles. The zero-order valence-corrected chi connectivity index (χ0v) is 9.87. The summed E-state index contributed by atoms with van der Waals surface area (Å²) in [6, 6.07) is 1.18. The summed E-state index contributed by atoms with van der Waals surface area (Å²) < 4.78 is 42.5. The molecule has 2 rings (SSSR count). The highest BCUT2D eigenvalue weighted by atomic mass is 19.4. The van der Waals surface area contributed by atoms with Crippen molar-refractivity contribution in [3.8, 4) is 0 Å². The molecule has 0 spiro atoms. The van der Waals surface area contributed by atoms with Crippen LogP contribution in [0.25, 0.3) is 0 Å². The van der Waals surface area contributed by atoms with E-state index in [1.54, 1.807) is 0 Å². The van der Waals surface area contributed by atoms with Gasteiger partial charge >= 0.3 is 6.18 Å². The summed E-state index contributed by atoms with van der Waals surface area (Å²) in [4.78, 5) is 6.43. The second-order valence-corrected chi connectivity index (χ2v) is 4.38. The summed E-state index contributed by atoms with van der Waals surface area (Å²) in [6.07, 6.45) is -4.26. The highest BCUT2D eigenvalue weighted by Gasteiger charge is 2.36. The second-order valence-electron chi connectivity index (χ2n) is 4.38. The van der Waals surface area contributed by atoms with E-state index in [1.165, 1.54) is 6.07 Å². The molecule has 1 unspecified atom stereocenters. The normalized spacial score (nSPS) is 23.6. The molecule has 1 fully saturated rings. The quantitative estimate of drug-likeness (QED) is 0.751. The molecule has 1 aliphatic heterocycles. The maximum absolute atomic E-state index is 12.5. The van der Waals surface area contributed by atoms with Crippen LogP contribution < -0.4 is 11.1 Å². The van der Waals surface area contributed by atoms with Crippen LogP contribution in [0.15, 0.2) is 6.07 Å². The van der Waals surface area contributed by atoms with Gasteiger partial charge < -0.3 is 20.9 Å². The van der Waals surface area contributed by atoms with Gasteiger partial charge in [0.05, 0.1) is 6.61 Å². The Labute approximate surface area is 106 Å². The third-order valence-corrected chi connectivity index (χ3v) is 2.68. The fourth-order valence-electron chi connectivity index (χ4n) is 1.67. The van der Waals surface area contributed by atoms with Gasteiger partial charge in [-0.05, 0) is 0 Å². The number of nitrogen functional groups attached to an aromatic ring is 1. The SMILES string of the molecule is Nc1cc(NCC2(O)CCOC2)nc(C(F)(F)F)n1. The Bertz CT molecular complexity index is 461. The minimum Gasteiger partial charge on any atom is -0.386 e. The van der Waals surface area contributed by atoms with Crippen molar-refractivity contribution in [2.75, 3.05) is 30.8 Å². The first-order valence-corrected chi connectivity index (χ1v) is 5.54. The summed E-state index contributed by atoms with van der Waals surface area (Å²) >= 11 is 0. The lowest BCUT2D eigenvalue weighted by Crippen LogP contribution is -2.37. The molecule has 0 amide bonds. The zero-order valence-electron chi connectivity index (χ0n) is 9.87. The van der Waals surface area contributed by atoms with Gasteiger partial charge in [0.2, 0.25) is 5.82 Å². The highest BCUT2D eigenvalue weighted by molar-refractivity contribution is 5.45. The van der Waals surface area contributed by atoms with E-state index in [0.717, 1.165) is 0 Å². The van der Waals surface area contributed by atoms with E-state index in [0.29, 0.717) is 13.0 Å². The van der Waals surface area contributed by atoms with Crippen LogP contribution in [0.3, 0.4) is 0 Å². The van der Waals surface area contributed by atoms with Crippen molar-refractivity contribution in [1.82, 2.24) is 9.97 Å². The average molecular weight is 278 g/mol. The van der Waals surface area contributed by atoms with Crippen molar-refractivity contribution in [3.63, 3.8) is 0 Å². The fourth-order valence-corrected chi connectivity index (χ4v) is 1.67. The molecule has 1 aromatic rings. The first-order valence-electron chi connectivity index (χ1n) is 5.54. The minimum atomic E-state index is -4.67. The van der Waals surface area contributed by atoms with Crippen LogP contribution in [0.2, 0.25) is 0 Å². The largest absolute Gasteiger partial charge is 0.451 e. The Kier molecular flexibility index (Phi) is 3.50. The molecule has 4 N–H and O–H groups in total. The molecule has 0 saturated carbocycles. The number of halogens is 3. The van der Waals surface area contributed by atoms with Crippen molar-refractivity contribution in [1.29, 1.82) is 0 Å². The maximum atomic E-state index is 12.5. The van der Waals surface area contributed by atoms with Gasteiger partial charge in [0.1, 0.15) is 17.2 Å². The first-order chi connectivity index (χ1) is 8.78. The van der Waals surface area contributed by atoms with E-state index in [4.69, 9.17) is 10.5 Å². The molecule has 0 aromatic carbocycles. The predicted molar refractivity (Wildman–Crippen MR) is 60.3 cm³/mol. The van der Waals surface area contributed by atoms with Gasteiger partial charge in [-0.25, -0.2) is 9.97 Å². The number of anilines is 2. The summed E-state index contributed by atoms with van der Waals surface area (Å²) in [6.45, 7) is 0.575. The lowest BCUT2D eigenvalue weighted by molar-refractivity contribution is -0.144. The molecular formula is C10H13F3N4O2. The van der Waals surface area contributed by atoms with Gasteiger partial charge in [-0.15, -0.1) is 0 Å². The van der Waals surface area contributed by atoms with E-state index >= 15 is 0 Å². The molecular weight excluding hydrogens is 265 g/mol. The van der Waals surface area contributed by atoms with Crippen molar-refractivity contribution in [2.24, 2.45) is 0 Å². The number of aromatic nitrogens is 2. The van der Waals surface area contributed by atoms with Gasteiger partial charge in [0.15, 0.2) is 0 Å². The van der Waals surface area contributed by atoms with Crippen LogP contribution in [0.4, 0.5) is 24.8 Å². The minimum absolute atomic E-state index is 0.0285. The number of hydrogen-bond donors (Lipinski definition) is 3. The Hall–Kier alpha value is -1.61. The van der Waals surface area contributed by atoms with Gasteiger partial charge in [-0.1, -0.05) is 0 Å². The van der Waals surface area contributed by atoms with Crippen LogP contribution in [0.5, 0.6) is 0 Å². The number of nitrogens with zero attached hydrogens (tertiary/aromatic N) is 2. The number of aliphatic hydroxyl groups is 1. The zero-order chi connectivity index (χ0) is 14.1. The van der Waals surface area contributed by atoms with Crippen molar-refractivity contribution in [3.05, 3.63) is 11.9 Å². The van der Waals surface area contributed by atoms with Crippen LogP contribution in [0, 0.1) is 0 Å². The first kappa shape index (κ1) is 13.8. The van der Waals surface area contributed by atoms with Gasteiger partial charge in [0.25, 0.3) is 0 Å². The number of alkyl halides is 3. The molecule has 0 radical (unpaired) electrons. The Morgan fingerprint density at radius 3 is 2.79 bits per heavy atom. The fraction of sp³-hybridized carbons (Fsp3) is 0.600. The van der Waals surface area contributed by atoms with E-state index in [1.807, 2.05) is 0 Å². The topological polar surface area (TPSA) is 93.3 Å². The van der Waals surface area contributed by atoms with Gasteiger partial charge in [0, 0.05) is 25.6 Å². The number of ether oxygens (including phenoxy) is 1. The Morgan fingerprint density at radius 1 is 1.47 bits per heavy atom. The molecule has 9 heteroatoms. The van der Waals surface area contributed by atoms with E-state index < -0.39 is 17.6 Å². The molecule has 2 heterocycles. The van der Waals surface area contributed by atoms with Crippen LogP contribution in [-0.2, 0) is 10.9 Å². The number of hydrogen-bond acceptors (Lipinski definition) is 6. The predicted octanol–water partition coefficient (Wildman–Crippen LogP) is 0.641. The molecule has 1 atom stereocenters. The van der Waals surface area contributed by atoms with Crippen molar-refractivity contribution < 1.29 is 23.0 Å². The van der Waals surface area contributed by atoms with E-state index in [2.05, 4.69) is 15.3 Å². The molecule has 19 heavy (non-hydrogen) atoms. The van der Waals surface area contributed by atoms with Crippen molar-refractivity contribution in [2.45, 2.75) is 18.2 Å². The summed E-state index contributed by atoms with van der Waals surface area (Å²) in [5, 5.41) is 12.6. The third kappa shape index (κ3) is 3.44. The van der Waals surface area contributed by atoms with E-state index in [-0.39, 0.29) is 24.8 Å². The Morgan fingerprint density at radius 2 is 2.21 bits per heavy atom. The summed E-state index contributed by atoms with van der Waals surface area (Å²) in [5.41, 5.74) is 4.20. The molecule has 0 bridgehead atoms. The van der Waals surface area contributed by atoms with Crippen LogP contribution in [-0.4, -0.2) is 40.4 Å². The standard InChI is InChI=1S/C10H13F3N4O2/c11-10(12,13)8-16-6(14)3-7(17-8)15-4-9(18)1-2-19-5-9/h3,18H,1-2,4-5H2,(H3,14,15,16,17). The van der Waals surface area contributed by atoms with Crippen LogP contribution in [0.1, 0.15) is 12.2 Å². The molecule has 6 nitrogen and oxygen atoms in total. The third-order valence-electron chi connectivity index (χ3n) is 2.68. The average Bonchev–Trinajstić information content (AvgIpc) is 2.72. The van der Waals surface area contributed by atoms with Crippen LogP contribution >= 0.6 is 0 Å². The maximum Gasteiger partial charge on any atom is 0.451 e. The summed E-state index contributed by atoms with van der Waals surface area (Å²) in [7, 11) is 0. The second kappa shape index (κ2) is 4.82. The number of nitrogens with one attached hydrogen (secondary N) is 1. The van der Waals surface area contributed by atoms with Gasteiger partial charge in [-0.2, -0.15) is 13.2 Å². The number of rotatable bonds is 3. The molecule has 106 valence electrons. The lowest BCUT2D eigenvalue weighted by atomic mass is 10.0. The van der Waals surface area contributed by atoms with Gasteiger partial charge in [-0.3, -0.25) is 0 Å². The van der Waals surface area contributed by atoms with Crippen molar-refractivity contribution >= 4 is 11.6 Å². The monoisotopic (exact) mass is 278 g/mol. The van der Waals surface area contributed by atoms with E-state index in [9.17, 15) is 18.3 Å². The molecule has 1 aliphatic rings. The highest BCUT2D eigenvalue weighted by Crippen LogP contribution is 2.28. The Balaban J connectivity index is 2.10. The number of nitrogens with two attached hydrogens (primary N) is 1. The summed E-state index contributed by atoms with van der Waals surface area (Å²) in [5.74, 6) is -1.69.